The van der Waals surface area contributed by atoms with Gasteiger partial charge in [-0.1, -0.05) is 23.2 Å². The normalized spacial score (nSPS) is 10.8. The van der Waals surface area contributed by atoms with E-state index in [1.807, 2.05) is 0 Å². The summed E-state index contributed by atoms with van der Waals surface area (Å²) in [5, 5.41) is 0.934. The Hall–Kier alpha value is -2.04. The summed E-state index contributed by atoms with van der Waals surface area (Å²) >= 11 is 12.1. The van der Waals surface area contributed by atoms with Crippen LogP contribution in [-0.4, -0.2) is 25.9 Å². The van der Waals surface area contributed by atoms with Gasteiger partial charge in [0.25, 0.3) is 0 Å². The smallest absolute Gasteiger partial charge is 0.338 e. The molecule has 23 heavy (non-hydrogen) atoms. The largest absolute Gasteiger partial charge is 0.496 e. The first-order valence-corrected chi connectivity index (χ1v) is 7.65. The molecule has 0 amide bonds. The molecule has 0 fully saturated rings. The molecule has 4 nitrogen and oxygen atoms in total. The van der Waals surface area contributed by atoms with Crippen molar-refractivity contribution in [1.82, 2.24) is 0 Å². The number of hydrogen-bond donors (Lipinski definition) is 0. The van der Waals surface area contributed by atoms with Crippen LogP contribution in [0.15, 0.2) is 41.4 Å². The lowest BCUT2D eigenvalue weighted by molar-refractivity contribution is 0.0526. The number of halogens is 2. The molecule has 0 aliphatic rings. The van der Waals surface area contributed by atoms with Crippen LogP contribution in [0.1, 0.15) is 22.8 Å². The van der Waals surface area contributed by atoms with Crippen LogP contribution in [0.2, 0.25) is 10.0 Å². The zero-order chi connectivity index (χ0) is 16.8. The number of hydrogen-bond acceptors (Lipinski definition) is 4. The zero-order valence-electron chi connectivity index (χ0n) is 12.7. The average Bonchev–Trinajstić information content (AvgIpc) is 2.54. The molecule has 0 aromatic heterocycles. The Morgan fingerprint density at radius 3 is 2.52 bits per heavy atom. The van der Waals surface area contributed by atoms with Crippen molar-refractivity contribution >= 4 is 41.1 Å². The summed E-state index contributed by atoms with van der Waals surface area (Å²) in [5.41, 5.74) is 1.78. The number of nitrogens with zero attached hydrogens (tertiary/aromatic N) is 1. The Bertz CT molecular complexity index is 727. The van der Waals surface area contributed by atoms with Gasteiger partial charge in [0.1, 0.15) is 5.75 Å². The quantitative estimate of drug-likeness (QED) is 0.566. The highest BCUT2D eigenvalue weighted by atomic mass is 35.5. The van der Waals surface area contributed by atoms with Gasteiger partial charge >= 0.3 is 5.97 Å². The number of rotatable bonds is 5. The van der Waals surface area contributed by atoms with E-state index in [9.17, 15) is 4.79 Å². The van der Waals surface area contributed by atoms with Crippen molar-refractivity contribution in [2.24, 2.45) is 4.99 Å². The van der Waals surface area contributed by atoms with Crippen LogP contribution in [0.5, 0.6) is 5.75 Å². The molecule has 0 aliphatic carbocycles. The lowest BCUT2D eigenvalue weighted by Gasteiger charge is -2.07. The number of carbonyl (C=O) groups excluding carboxylic acids is 1. The number of aliphatic imine (C=N–C) groups is 1. The van der Waals surface area contributed by atoms with Crippen molar-refractivity contribution in [1.29, 1.82) is 0 Å². The predicted octanol–water partition coefficient (Wildman–Crippen LogP) is 4.93. The Morgan fingerprint density at radius 1 is 1.22 bits per heavy atom. The second kappa shape index (κ2) is 7.99. The van der Waals surface area contributed by atoms with Gasteiger partial charge in [0.05, 0.1) is 35.6 Å². The maximum Gasteiger partial charge on any atom is 0.338 e. The minimum absolute atomic E-state index is 0.341. The topological polar surface area (TPSA) is 47.9 Å². The van der Waals surface area contributed by atoms with Crippen molar-refractivity contribution in [3.05, 3.63) is 57.6 Å². The third kappa shape index (κ3) is 4.47. The van der Waals surface area contributed by atoms with Gasteiger partial charge in [-0.25, -0.2) is 4.79 Å². The Morgan fingerprint density at radius 2 is 1.91 bits per heavy atom. The lowest BCUT2D eigenvalue weighted by atomic mass is 10.2. The van der Waals surface area contributed by atoms with Crippen molar-refractivity contribution in [3.8, 4) is 5.75 Å². The highest BCUT2D eigenvalue weighted by molar-refractivity contribution is 6.36. The second-order valence-corrected chi connectivity index (χ2v) is 5.37. The van der Waals surface area contributed by atoms with E-state index in [4.69, 9.17) is 32.7 Å². The van der Waals surface area contributed by atoms with Gasteiger partial charge < -0.3 is 9.47 Å². The van der Waals surface area contributed by atoms with Gasteiger partial charge in [0.15, 0.2) is 0 Å². The first kappa shape index (κ1) is 17.3. The maximum atomic E-state index is 11.6. The number of esters is 1. The van der Waals surface area contributed by atoms with E-state index >= 15 is 0 Å². The Kier molecular flexibility index (Phi) is 6.02. The van der Waals surface area contributed by atoms with Crippen LogP contribution in [0.3, 0.4) is 0 Å². The summed E-state index contributed by atoms with van der Waals surface area (Å²) in [7, 11) is 1.54. The van der Waals surface area contributed by atoms with Crippen LogP contribution in [-0.2, 0) is 4.74 Å². The van der Waals surface area contributed by atoms with E-state index in [-0.39, 0.29) is 5.97 Å². The molecule has 0 N–H and O–H groups in total. The minimum atomic E-state index is -0.356. The average molecular weight is 352 g/mol. The number of methoxy groups -OCH3 is 1. The summed E-state index contributed by atoms with van der Waals surface area (Å²) in [6.07, 6.45) is 1.59. The molecular formula is C17H15Cl2NO3. The fourth-order valence-corrected chi connectivity index (χ4v) is 2.42. The molecule has 0 saturated heterocycles. The fourth-order valence-electron chi connectivity index (χ4n) is 1.89. The van der Waals surface area contributed by atoms with Gasteiger partial charge in [-0.15, -0.1) is 0 Å². The molecule has 120 valence electrons. The Labute approximate surface area is 144 Å². The van der Waals surface area contributed by atoms with Crippen molar-refractivity contribution in [3.63, 3.8) is 0 Å². The number of carbonyl (C=O) groups is 1. The van der Waals surface area contributed by atoms with Crippen LogP contribution < -0.4 is 4.74 Å². The minimum Gasteiger partial charge on any atom is -0.496 e. The molecule has 2 aromatic carbocycles. The zero-order valence-corrected chi connectivity index (χ0v) is 14.2. The molecule has 0 heterocycles. The van der Waals surface area contributed by atoms with Crippen molar-refractivity contribution in [2.45, 2.75) is 6.92 Å². The van der Waals surface area contributed by atoms with Gasteiger partial charge in [-0.05, 0) is 43.3 Å². The summed E-state index contributed by atoms with van der Waals surface area (Å²) < 4.78 is 10.2. The highest BCUT2D eigenvalue weighted by Crippen LogP contribution is 2.30. The van der Waals surface area contributed by atoms with E-state index < -0.39 is 0 Å². The third-order valence-corrected chi connectivity index (χ3v) is 3.53. The molecule has 6 heteroatoms. The van der Waals surface area contributed by atoms with Crippen molar-refractivity contribution in [2.75, 3.05) is 13.7 Å². The molecule has 0 spiro atoms. The molecule has 0 unspecified atom stereocenters. The molecular weight excluding hydrogens is 337 g/mol. The van der Waals surface area contributed by atoms with E-state index in [2.05, 4.69) is 4.99 Å². The van der Waals surface area contributed by atoms with Crippen molar-refractivity contribution < 1.29 is 14.3 Å². The molecule has 0 aliphatic heterocycles. The van der Waals surface area contributed by atoms with Crippen LogP contribution >= 0.6 is 23.2 Å². The number of ether oxygens (including phenoxy) is 2. The van der Waals surface area contributed by atoms with Gasteiger partial charge in [0.2, 0.25) is 0 Å². The molecule has 0 radical (unpaired) electrons. The Balaban J connectivity index is 2.22. The first-order chi connectivity index (χ1) is 11.0. The van der Waals surface area contributed by atoms with E-state index in [1.165, 1.54) is 7.11 Å². The summed E-state index contributed by atoms with van der Waals surface area (Å²) in [6, 6.07) is 10.0. The molecule has 0 bridgehead atoms. The fraction of sp³-hybridized carbons (Fsp3) is 0.176. The summed E-state index contributed by atoms with van der Waals surface area (Å²) in [6.45, 7) is 2.10. The van der Waals surface area contributed by atoms with Crippen LogP contribution in [0.25, 0.3) is 0 Å². The monoisotopic (exact) mass is 351 g/mol. The molecule has 2 rings (SSSR count). The van der Waals surface area contributed by atoms with Gasteiger partial charge in [-0.2, -0.15) is 0 Å². The second-order valence-electron chi connectivity index (χ2n) is 4.53. The van der Waals surface area contributed by atoms with Crippen LogP contribution in [0, 0.1) is 0 Å². The lowest BCUT2D eigenvalue weighted by Crippen LogP contribution is -2.03. The molecule has 0 saturated carbocycles. The summed E-state index contributed by atoms with van der Waals surface area (Å²) in [4.78, 5) is 15.9. The summed E-state index contributed by atoms with van der Waals surface area (Å²) in [5.74, 6) is 0.180. The first-order valence-electron chi connectivity index (χ1n) is 6.89. The van der Waals surface area contributed by atoms with E-state index in [1.54, 1.807) is 49.5 Å². The van der Waals surface area contributed by atoms with Crippen LogP contribution in [0.4, 0.5) is 5.69 Å². The third-order valence-electron chi connectivity index (χ3n) is 3.00. The standard InChI is InChI=1S/C17H15Cl2NO3/c1-3-23-17(21)11-4-6-13(7-5-11)20-10-14-15(19)8-12(18)9-16(14)22-2/h4-10H,3H2,1-2H3. The predicted molar refractivity (Wildman–Crippen MR) is 92.7 cm³/mol. The number of benzene rings is 2. The molecule has 2 aromatic rings. The van der Waals surface area contributed by atoms with Gasteiger partial charge in [0, 0.05) is 11.2 Å². The highest BCUT2D eigenvalue weighted by Gasteiger charge is 2.08. The van der Waals surface area contributed by atoms with E-state index in [0.29, 0.717) is 39.2 Å². The van der Waals surface area contributed by atoms with Gasteiger partial charge in [-0.3, -0.25) is 4.99 Å². The van der Waals surface area contributed by atoms with E-state index in [0.717, 1.165) is 0 Å². The SMILES string of the molecule is CCOC(=O)c1ccc(N=Cc2c(Cl)cc(Cl)cc2OC)cc1. The maximum absolute atomic E-state index is 11.6. The molecule has 0 atom stereocenters.